The number of nitrogens with zero attached hydrogens (tertiary/aromatic N) is 5. The number of cyclic esters (lactones) is 1. The summed E-state index contributed by atoms with van der Waals surface area (Å²) in [5.41, 5.74) is 4.14. The molecule has 0 radical (unpaired) electrons. The van der Waals surface area contributed by atoms with Crippen LogP contribution in [0.4, 0.5) is 20.6 Å². The van der Waals surface area contributed by atoms with Crippen LogP contribution in [-0.2, 0) is 22.6 Å². The second-order valence-electron chi connectivity index (χ2n) is 8.17. The Morgan fingerprint density at radius 2 is 2.18 bits per heavy atom. The minimum atomic E-state index is -0.568. The van der Waals surface area contributed by atoms with Crippen molar-refractivity contribution >= 4 is 29.7 Å². The third-order valence-electron chi connectivity index (χ3n) is 5.67. The average molecular weight is 463 g/mol. The third-order valence-corrected chi connectivity index (χ3v) is 5.67. The molecule has 3 aromatic rings. The van der Waals surface area contributed by atoms with Gasteiger partial charge in [-0.2, -0.15) is 15.4 Å². The monoisotopic (exact) mass is 463 g/mol. The van der Waals surface area contributed by atoms with Gasteiger partial charge in [0.2, 0.25) is 5.91 Å². The quantitative estimate of drug-likeness (QED) is 0.581. The zero-order valence-corrected chi connectivity index (χ0v) is 18.4. The van der Waals surface area contributed by atoms with Crippen LogP contribution in [0.25, 0.3) is 11.1 Å². The summed E-state index contributed by atoms with van der Waals surface area (Å²) in [6.07, 6.45) is 2.37. The predicted octanol–water partition coefficient (Wildman–Crippen LogP) is 2.75. The lowest BCUT2D eigenvalue weighted by Crippen LogP contribution is -2.33. The number of H-pyrrole nitrogens is 1. The van der Waals surface area contributed by atoms with Gasteiger partial charge in [-0.15, -0.1) is 0 Å². The van der Waals surface area contributed by atoms with Gasteiger partial charge in [0.05, 0.1) is 43.5 Å². The van der Waals surface area contributed by atoms with Crippen LogP contribution in [0.3, 0.4) is 0 Å². The number of hydrogen-bond acceptors (Lipinski definition) is 7. The van der Waals surface area contributed by atoms with E-state index in [1.807, 2.05) is 23.1 Å². The number of fused-ring (bicyclic) bond motifs is 1. The number of aromatic amines is 1. The van der Waals surface area contributed by atoms with E-state index in [1.165, 1.54) is 17.9 Å². The largest absolute Gasteiger partial charge is 0.442 e. The van der Waals surface area contributed by atoms with Gasteiger partial charge < -0.3 is 15.0 Å². The molecule has 0 aliphatic carbocycles. The van der Waals surface area contributed by atoms with Gasteiger partial charge in [0.25, 0.3) is 0 Å². The fourth-order valence-corrected chi connectivity index (χ4v) is 4.02. The maximum atomic E-state index is 15.1. The average Bonchev–Trinajstić information content (AvgIpc) is 3.46. The number of hydrogen-bond donors (Lipinski definition) is 2. The number of rotatable bonds is 6. The first kappa shape index (κ1) is 21.6. The van der Waals surface area contributed by atoms with E-state index in [-0.39, 0.29) is 19.0 Å². The van der Waals surface area contributed by atoms with Crippen molar-refractivity contribution in [2.45, 2.75) is 26.1 Å². The Morgan fingerprint density at radius 1 is 1.29 bits per heavy atom. The van der Waals surface area contributed by atoms with Crippen molar-refractivity contribution in [3.8, 4) is 11.1 Å². The molecular weight excluding hydrogens is 441 g/mol. The first-order valence-corrected chi connectivity index (χ1v) is 10.7. The molecule has 34 heavy (non-hydrogen) atoms. The van der Waals surface area contributed by atoms with Crippen molar-refractivity contribution in [3.63, 3.8) is 0 Å². The highest BCUT2D eigenvalue weighted by Gasteiger charge is 2.32. The van der Waals surface area contributed by atoms with E-state index in [4.69, 9.17) is 4.74 Å². The number of anilines is 1. The molecule has 0 spiro atoms. The van der Waals surface area contributed by atoms with Gasteiger partial charge in [0.15, 0.2) is 0 Å². The van der Waals surface area contributed by atoms with Crippen LogP contribution in [0.15, 0.2) is 47.6 Å². The fraction of sp³-hybridized carbons (Fsp3) is 0.261. The Bertz CT molecular complexity index is 1260. The summed E-state index contributed by atoms with van der Waals surface area (Å²) < 4.78 is 20.4. The van der Waals surface area contributed by atoms with Gasteiger partial charge in [0.1, 0.15) is 17.6 Å². The zero-order chi connectivity index (χ0) is 23.7. The van der Waals surface area contributed by atoms with Gasteiger partial charge in [-0.25, -0.2) is 14.2 Å². The maximum absolute atomic E-state index is 15.1. The van der Waals surface area contributed by atoms with E-state index in [1.54, 1.807) is 24.7 Å². The molecule has 0 bridgehead atoms. The number of ether oxygens (including phenoxy) is 1. The van der Waals surface area contributed by atoms with Crippen LogP contribution in [0.1, 0.15) is 18.2 Å². The Balaban J connectivity index is 1.32. The number of carbonyl (C=O) groups is 2. The minimum Gasteiger partial charge on any atom is -0.442 e. The lowest BCUT2D eigenvalue weighted by molar-refractivity contribution is -0.119. The van der Waals surface area contributed by atoms with Crippen molar-refractivity contribution in [3.05, 3.63) is 59.7 Å². The van der Waals surface area contributed by atoms with Gasteiger partial charge in [-0.3, -0.25) is 9.69 Å². The van der Waals surface area contributed by atoms with Crippen molar-refractivity contribution in [2.75, 3.05) is 18.0 Å². The molecule has 2 N–H and O–H groups in total. The highest BCUT2D eigenvalue weighted by atomic mass is 19.1. The third kappa shape index (κ3) is 4.45. The summed E-state index contributed by atoms with van der Waals surface area (Å²) in [6, 6.07) is 10.3. The standard InChI is InChI=1S/C23H22FN7O3/c1-14(32)25-9-19-12-31(23(33)34-19)18-3-4-20(21(24)7-18)15-2-5-22-16(6-15)10-30(13-26-22)11-17-8-27-29-28-17/h2-8,13,19H,9-12H2,1H3,(H,25,32)(H,27,28,29). The normalized spacial score (nSPS) is 17.0. The second kappa shape index (κ2) is 8.93. The smallest absolute Gasteiger partial charge is 0.414 e. The van der Waals surface area contributed by atoms with Gasteiger partial charge in [-0.05, 0) is 41.5 Å². The molecule has 11 heteroatoms. The van der Waals surface area contributed by atoms with Crippen LogP contribution < -0.4 is 10.2 Å². The van der Waals surface area contributed by atoms with Gasteiger partial charge >= 0.3 is 6.09 Å². The number of nitrogens with one attached hydrogen (secondary N) is 2. The highest BCUT2D eigenvalue weighted by Crippen LogP contribution is 2.33. The van der Waals surface area contributed by atoms with E-state index in [0.29, 0.717) is 29.9 Å². The molecule has 3 heterocycles. The van der Waals surface area contributed by atoms with Crippen LogP contribution in [-0.4, -0.2) is 57.8 Å². The molecule has 2 aromatic carbocycles. The zero-order valence-electron chi connectivity index (χ0n) is 18.4. The van der Waals surface area contributed by atoms with E-state index >= 15 is 4.39 Å². The Kier molecular flexibility index (Phi) is 5.66. The van der Waals surface area contributed by atoms with E-state index in [0.717, 1.165) is 16.9 Å². The number of benzene rings is 2. The highest BCUT2D eigenvalue weighted by molar-refractivity contribution is 5.90. The molecular formula is C23H22FN7O3. The lowest BCUT2D eigenvalue weighted by Gasteiger charge is -2.24. The number of amides is 2. The number of halogens is 1. The number of aliphatic imine (C=N–C) groups is 1. The molecule has 10 nitrogen and oxygen atoms in total. The Labute approximate surface area is 194 Å². The lowest BCUT2D eigenvalue weighted by atomic mass is 10.00. The summed E-state index contributed by atoms with van der Waals surface area (Å²) in [6.45, 7) is 3.00. The topological polar surface area (TPSA) is 116 Å². The summed E-state index contributed by atoms with van der Waals surface area (Å²) in [7, 11) is 0. The van der Waals surface area contributed by atoms with Crippen LogP contribution in [0.2, 0.25) is 0 Å². The summed E-state index contributed by atoms with van der Waals surface area (Å²) >= 11 is 0. The number of aromatic nitrogens is 3. The van der Waals surface area contributed by atoms with Crippen molar-refractivity contribution in [2.24, 2.45) is 4.99 Å². The van der Waals surface area contributed by atoms with E-state index < -0.39 is 18.0 Å². The first-order valence-electron chi connectivity index (χ1n) is 10.7. The second-order valence-corrected chi connectivity index (χ2v) is 8.17. The molecule has 2 aliphatic rings. The van der Waals surface area contributed by atoms with E-state index in [2.05, 4.69) is 25.7 Å². The maximum Gasteiger partial charge on any atom is 0.414 e. The SMILES string of the molecule is CC(=O)NCC1CN(c2ccc(-c3ccc4c(c3)CN(Cc3cn[nH]n3)C=N4)c(F)c2)C(=O)O1. The van der Waals surface area contributed by atoms with Crippen LogP contribution in [0, 0.1) is 5.82 Å². The van der Waals surface area contributed by atoms with E-state index in [9.17, 15) is 9.59 Å². The molecule has 1 atom stereocenters. The molecule has 174 valence electrons. The van der Waals surface area contributed by atoms with Gasteiger partial charge in [0, 0.05) is 19.0 Å². The molecule has 1 saturated heterocycles. The van der Waals surface area contributed by atoms with Gasteiger partial charge in [-0.1, -0.05) is 6.07 Å². The summed E-state index contributed by atoms with van der Waals surface area (Å²) in [4.78, 5) is 31.2. The molecule has 1 aromatic heterocycles. The van der Waals surface area contributed by atoms with Crippen LogP contribution in [0.5, 0.6) is 0 Å². The molecule has 2 aliphatic heterocycles. The van der Waals surface area contributed by atoms with Crippen LogP contribution >= 0.6 is 0 Å². The summed E-state index contributed by atoms with van der Waals surface area (Å²) in [5, 5.41) is 13.1. The van der Waals surface area contributed by atoms with Crippen molar-refractivity contribution < 1.29 is 18.7 Å². The Morgan fingerprint density at radius 3 is 2.94 bits per heavy atom. The summed E-state index contributed by atoms with van der Waals surface area (Å²) in [5.74, 6) is -0.656. The Hall–Kier alpha value is -4.28. The van der Waals surface area contributed by atoms with Crippen molar-refractivity contribution in [1.82, 2.24) is 25.6 Å². The molecule has 2 amide bonds. The molecule has 5 rings (SSSR count). The molecule has 1 fully saturated rings. The fourth-order valence-electron chi connectivity index (χ4n) is 4.02. The molecule has 1 unspecified atom stereocenters. The predicted molar refractivity (Wildman–Crippen MR) is 122 cm³/mol. The molecule has 0 saturated carbocycles. The number of carbonyl (C=O) groups excluding carboxylic acids is 2. The first-order chi connectivity index (χ1) is 16.5. The van der Waals surface area contributed by atoms with Crippen molar-refractivity contribution in [1.29, 1.82) is 0 Å². The minimum absolute atomic E-state index is 0.207.